The van der Waals surface area contributed by atoms with Gasteiger partial charge in [0.2, 0.25) is 0 Å². The van der Waals surface area contributed by atoms with Gasteiger partial charge in [0.15, 0.2) is 0 Å². The van der Waals surface area contributed by atoms with E-state index in [1.54, 1.807) is 12.2 Å². The maximum atomic E-state index is 10.7. The van der Waals surface area contributed by atoms with Gasteiger partial charge in [-0.3, -0.25) is 0 Å². The largest absolute Gasteiger partial charge is 0.459 e. The second-order valence-corrected chi connectivity index (χ2v) is 3.17. The summed E-state index contributed by atoms with van der Waals surface area (Å²) < 4.78 is 4.68. The summed E-state index contributed by atoms with van der Waals surface area (Å²) in [5.74, 6) is -0.535. The zero-order valence-corrected chi connectivity index (χ0v) is 8.87. The van der Waals surface area contributed by atoms with Crippen LogP contribution in [0.1, 0.15) is 5.56 Å². The van der Waals surface area contributed by atoms with E-state index in [9.17, 15) is 9.90 Å². The first kappa shape index (κ1) is 12.2. The highest BCUT2D eigenvalue weighted by atomic mass is 16.5. The summed E-state index contributed by atoms with van der Waals surface area (Å²) >= 11 is 0. The first-order valence-electron chi connectivity index (χ1n) is 4.93. The molecule has 3 heteroatoms. The van der Waals surface area contributed by atoms with Gasteiger partial charge < -0.3 is 9.84 Å². The Morgan fingerprint density at radius 1 is 1.44 bits per heavy atom. The molecule has 0 aliphatic rings. The summed E-state index contributed by atoms with van der Waals surface area (Å²) in [6.07, 6.45) is 3.61. The molecule has 1 N–H and O–H groups in total. The lowest BCUT2D eigenvalue weighted by Crippen LogP contribution is -2.14. The van der Waals surface area contributed by atoms with Crippen LogP contribution in [0, 0.1) is 0 Å². The molecule has 1 aromatic rings. The third kappa shape index (κ3) is 4.57. The van der Waals surface area contributed by atoms with E-state index < -0.39 is 12.1 Å². The molecule has 0 saturated carbocycles. The number of carbonyl (C=O) groups excluding carboxylic acids is 1. The molecule has 0 fully saturated rings. The second kappa shape index (κ2) is 6.58. The van der Waals surface area contributed by atoms with E-state index in [1.165, 1.54) is 0 Å². The first-order valence-corrected chi connectivity index (χ1v) is 4.93. The van der Waals surface area contributed by atoms with Gasteiger partial charge in [-0.15, -0.1) is 0 Å². The molecule has 0 spiro atoms. The minimum atomic E-state index is -0.802. The van der Waals surface area contributed by atoms with Crippen LogP contribution in [0.2, 0.25) is 0 Å². The first-order chi connectivity index (χ1) is 7.72. The number of hydrogen-bond acceptors (Lipinski definition) is 3. The van der Waals surface area contributed by atoms with Gasteiger partial charge in [-0.25, -0.2) is 4.79 Å². The molecule has 0 aromatic heterocycles. The lowest BCUT2D eigenvalue weighted by Gasteiger charge is -2.05. The van der Waals surface area contributed by atoms with Gasteiger partial charge in [0.25, 0.3) is 0 Å². The molecule has 1 unspecified atom stereocenters. The summed E-state index contributed by atoms with van der Waals surface area (Å²) in [4.78, 5) is 10.7. The Morgan fingerprint density at radius 3 is 2.75 bits per heavy atom. The van der Waals surface area contributed by atoms with Crippen LogP contribution in [-0.2, 0) is 9.53 Å². The van der Waals surface area contributed by atoms with Gasteiger partial charge in [-0.05, 0) is 5.56 Å². The van der Waals surface area contributed by atoms with E-state index in [2.05, 4.69) is 11.3 Å². The number of esters is 1. The highest BCUT2D eigenvalue weighted by molar-refractivity contribution is 5.81. The van der Waals surface area contributed by atoms with Crippen LogP contribution in [0.4, 0.5) is 0 Å². The average Bonchev–Trinajstić information content (AvgIpc) is 2.34. The third-order valence-corrected chi connectivity index (χ3v) is 1.87. The number of rotatable bonds is 5. The van der Waals surface area contributed by atoms with Gasteiger partial charge in [0, 0.05) is 6.08 Å². The molecule has 84 valence electrons. The SMILES string of the molecule is C=CC(=O)OCC(O)C=Cc1ccccc1. The molecule has 0 saturated heterocycles. The van der Waals surface area contributed by atoms with Gasteiger partial charge in [0.1, 0.15) is 12.7 Å². The summed E-state index contributed by atoms with van der Waals surface area (Å²) in [7, 11) is 0. The monoisotopic (exact) mass is 218 g/mol. The second-order valence-electron chi connectivity index (χ2n) is 3.17. The summed E-state index contributed by atoms with van der Waals surface area (Å²) in [6, 6.07) is 9.56. The van der Waals surface area contributed by atoms with Crippen molar-refractivity contribution in [2.24, 2.45) is 0 Å². The molecule has 0 amide bonds. The fourth-order valence-electron chi connectivity index (χ4n) is 1.07. The molecule has 0 aliphatic heterocycles. The topological polar surface area (TPSA) is 46.5 Å². The number of aliphatic hydroxyl groups excluding tert-OH is 1. The van der Waals surface area contributed by atoms with E-state index in [0.717, 1.165) is 11.6 Å². The lowest BCUT2D eigenvalue weighted by molar-refractivity contribution is -0.139. The van der Waals surface area contributed by atoms with E-state index in [-0.39, 0.29) is 6.61 Å². The average molecular weight is 218 g/mol. The Bertz CT molecular complexity index is 368. The minimum absolute atomic E-state index is 0.0613. The van der Waals surface area contributed by atoms with E-state index in [0.29, 0.717) is 0 Å². The molecule has 0 radical (unpaired) electrons. The predicted octanol–water partition coefficient (Wildman–Crippen LogP) is 1.79. The van der Waals surface area contributed by atoms with Crippen molar-refractivity contribution in [1.29, 1.82) is 0 Å². The molecular formula is C13H14O3. The summed E-state index contributed by atoms with van der Waals surface area (Å²) in [5.41, 5.74) is 0.983. The van der Waals surface area contributed by atoms with Crippen LogP contribution >= 0.6 is 0 Å². The van der Waals surface area contributed by atoms with Crippen molar-refractivity contribution >= 4 is 12.0 Å². The fraction of sp³-hybridized carbons (Fsp3) is 0.154. The van der Waals surface area contributed by atoms with Crippen molar-refractivity contribution in [2.45, 2.75) is 6.10 Å². The number of hydrogen-bond donors (Lipinski definition) is 1. The summed E-state index contributed by atoms with van der Waals surface area (Å²) in [6.45, 7) is 3.20. The minimum Gasteiger partial charge on any atom is -0.459 e. The number of aliphatic hydroxyl groups is 1. The van der Waals surface area contributed by atoms with Crippen LogP contribution < -0.4 is 0 Å². The molecule has 0 aliphatic carbocycles. The van der Waals surface area contributed by atoms with Crippen molar-refractivity contribution in [3.05, 3.63) is 54.6 Å². The Hall–Kier alpha value is -1.87. The molecule has 0 bridgehead atoms. The zero-order chi connectivity index (χ0) is 11.8. The van der Waals surface area contributed by atoms with Crippen molar-refractivity contribution in [3.8, 4) is 0 Å². The fourth-order valence-corrected chi connectivity index (χ4v) is 1.07. The smallest absolute Gasteiger partial charge is 0.330 e. The van der Waals surface area contributed by atoms with Crippen molar-refractivity contribution < 1.29 is 14.6 Å². The normalized spacial score (nSPS) is 12.3. The van der Waals surface area contributed by atoms with Crippen molar-refractivity contribution in [2.75, 3.05) is 6.61 Å². The summed E-state index contributed by atoms with van der Waals surface area (Å²) in [5, 5.41) is 9.46. The standard InChI is InChI=1S/C13H14O3/c1-2-13(15)16-10-12(14)9-8-11-6-4-3-5-7-11/h2-9,12,14H,1,10H2. The quantitative estimate of drug-likeness (QED) is 0.605. The van der Waals surface area contributed by atoms with Gasteiger partial charge in [-0.2, -0.15) is 0 Å². The van der Waals surface area contributed by atoms with Crippen LogP contribution in [0.25, 0.3) is 6.08 Å². The van der Waals surface area contributed by atoms with Crippen LogP contribution in [0.3, 0.4) is 0 Å². The van der Waals surface area contributed by atoms with E-state index in [1.807, 2.05) is 30.3 Å². The predicted molar refractivity (Wildman–Crippen MR) is 62.6 cm³/mol. The molecule has 16 heavy (non-hydrogen) atoms. The Balaban J connectivity index is 2.39. The van der Waals surface area contributed by atoms with Crippen molar-refractivity contribution in [1.82, 2.24) is 0 Å². The highest BCUT2D eigenvalue weighted by Crippen LogP contribution is 2.02. The third-order valence-electron chi connectivity index (χ3n) is 1.87. The Kier molecular flexibility index (Phi) is 5.02. The van der Waals surface area contributed by atoms with Gasteiger partial charge in [0.05, 0.1) is 0 Å². The molecule has 0 heterocycles. The maximum absolute atomic E-state index is 10.7. The Morgan fingerprint density at radius 2 is 2.12 bits per heavy atom. The van der Waals surface area contributed by atoms with Gasteiger partial charge in [-0.1, -0.05) is 49.1 Å². The molecule has 1 rings (SSSR count). The van der Waals surface area contributed by atoms with Crippen LogP contribution in [-0.4, -0.2) is 23.8 Å². The molecule has 3 nitrogen and oxygen atoms in total. The number of carbonyl (C=O) groups is 1. The van der Waals surface area contributed by atoms with Crippen LogP contribution in [0.15, 0.2) is 49.1 Å². The lowest BCUT2D eigenvalue weighted by atomic mass is 10.2. The van der Waals surface area contributed by atoms with E-state index in [4.69, 9.17) is 0 Å². The maximum Gasteiger partial charge on any atom is 0.330 e. The van der Waals surface area contributed by atoms with Crippen molar-refractivity contribution in [3.63, 3.8) is 0 Å². The molecular weight excluding hydrogens is 204 g/mol. The van der Waals surface area contributed by atoms with Crippen LogP contribution in [0.5, 0.6) is 0 Å². The Labute approximate surface area is 94.7 Å². The van der Waals surface area contributed by atoms with Gasteiger partial charge >= 0.3 is 5.97 Å². The zero-order valence-electron chi connectivity index (χ0n) is 8.87. The van der Waals surface area contributed by atoms with E-state index >= 15 is 0 Å². The number of ether oxygens (including phenoxy) is 1. The molecule has 1 aromatic carbocycles. The molecule has 1 atom stereocenters. The highest BCUT2D eigenvalue weighted by Gasteiger charge is 2.01. The number of benzene rings is 1.